The van der Waals surface area contributed by atoms with E-state index >= 15 is 0 Å². The van der Waals surface area contributed by atoms with Gasteiger partial charge in [0.05, 0.1) is 13.2 Å². The van der Waals surface area contributed by atoms with Crippen molar-refractivity contribution in [3.05, 3.63) is 48.6 Å². The Morgan fingerprint density at radius 2 is 1.18 bits per heavy atom. The molecule has 0 aliphatic carbocycles. The Hall–Kier alpha value is -2.03. The van der Waals surface area contributed by atoms with Gasteiger partial charge in [-0.25, -0.2) is 4.57 Å². The van der Waals surface area contributed by atoms with Crippen molar-refractivity contribution in [2.24, 2.45) is 5.73 Å². The summed E-state index contributed by atoms with van der Waals surface area (Å²) < 4.78 is 32.4. The lowest BCUT2D eigenvalue weighted by Gasteiger charge is -2.19. The Morgan fingerprint density at radius 3 is 1.78 bits per heavy atom. The minimum absolute atomic E-state index is 0.0436. The van der Waals surface area contributed by atoms with Crippen LogP contribution in [0.5, 0.6) is 0 Å². The third-order valence-corrected chi connectivity index (χ3v) is 7.70. The lowest BCUT2D eigenvalue weighted by molar-refractivity contribution is -0.161. The molecule has 0 saturated carbocycles. The molecule has 0 bridgehead atoms. The van der Waals surface area contributed by atoms with Crippen LogP contribution in [-0.2, 0) is 32.7 Å². The first-order valence-electron chi connectivity index (χ1n) is 17.1. The fourth-order valence-corrected chi connectivity index (χ4v) is 4.92. The molecule has 0 spiro atoms. The van der Waals surface area contributed by atoms with E-state index in [9.17, 15) is 19.0 Å². The smallest absolute Gasteiger partial charge is 0.462 e. The minimum atomic E-state index is -4.38. The van der Waals surface area contributed by atoms with Gasteiger partial charge in [-0.1, -0.05) is 114 Å². The number of esters is 2. The monoisotopic (exact) mass is 655 g/mol. The second kappa shape index (κ2) is 31.9. The lowest BCUT2D eigenvalue weighted by Crippen LogP contribution is -2.29. The Kier molecular flexibility index (Phi) is 30.5. The average Bonchev–Trinajstić information content (AvgIpc) is 3.02. The highest BCUT2D eigenvalue weighted by Gasteiger charge is 2.25. The van der Waals surface area contributed by atoms with Crippen LogP contribution in [0.1, 0.15) is 129 Å². The van der Waals surface area contributed by atoms with Crippen LogP contribution in [0.2, 0.25) is 0 Å². The molecule has 0 radical (unpaired) electrons. The maximum absolute atomic E-state index is 12.4. The number of carbonyl (C=O) groups excluding carboxylic acids is 2. The number of phosphoric ester groups is 1. The zero-order valence-electron chi connectivity index (χ0n) is 28.1. The first-order valence-corrected chi connectivity index (χ1v) is 18.6. The summed E-state index contributed by atoms with van der Waals surface area (Å²) in [7, 11) is -4.38. The number of carbonyl (C=O) groups is 2. The van der Waals surface area contributed by atoms with Gasteiger partial charge >= 0.3 is 19.8 Å². The van der Waals surface area contributed by atoms with Crippen LogP contribution in [0.3, 0.4) is 0 Å². The molecule has 9 nitrogen and oxygen atoms in total. The van der Waals surface area contributed by atoms with Gasteiger partial charge in [-0.2, -0.15) is 0 Å². The van der Waals surface area contributed by atoms with Crippen molar-refractivity contribution < 1.29 is 37.6 Å². The Morgan fingerprint density at radius 1 is 0.667 bits per heavy atom. The van der Waals surface area contributed by atoms with Gasteiger partial charge in [0.15, 0.2) is 6.10 Å². The predicted molar refractivity (Wildman–Crippen MR) is 183 cm³/mol. The van der Waals surface area contributed by atoms with Crippen LogP contribution in [0.4, 0.5) is 0 Å². The van der Waals surface area contributed by atoms with Crippen molar-refractivity contribution in [3.8, 4) is 0 Å². The van der Waals surface area contributed by atoms with Crippen LogP contribution < -0.4 is 5.73 Å². The molecule has 3 N–H and O–H groups in total. The normalized spacial score (nSPS) is 14.1. The molecule has 0 fully saturated rings. The second-order valence-corrected chi connectivity index (χ2v) is 12.5. The van der Waals surface area contributed by atoms with E-state index in [0.29, 0.717) is 12.8 Å². The third-order valence-electron chi connectivity index (χ3n) is 6.72. The van der Waals surface area contributed by atoms with E-state index < -0.39 is 32.5 Å². The lowest BCUT2D eigenvalue weighted by atomic mass is 10.1. The third kappa shape index (κ3) is 31.7. The molecule has 2 atom stereocenters. The first kappa shape index (κ1) is 43.0. The number of rotatable bonds is 31. The fourth-order valence-electron chi connectivity index (χ4n) is 4.15. The van der Waals surface area contributed by atoms with Gasteiger partial charge in [-0.05, 0) is 51.4 Å². The maximum atomic E-state index is 12.4. The number of allylic oxidation sites excluding steroid dienone is 8. The standard InChI is InChI=1S/C35H62NO8P/c1-3-5-7-9-11-12-13-14-15-16-17-18-19-20-22-24-26-28-35(38)44-33(32-43-45(39,40)42-30-29-36)31-41-34(37)27-25-23-21-10-8-6-4-2/h11-12,14-15,17-18,20,22,33H,3-10,13,16,19,21,23-32,36H2,1-2H3,(H,39,40)/b12-11+,15-14+,18-17+,22-20+/t33-/m1/s1. The zero-order chi connectivity index (χ0) is 33.3. The Bertz CT molecular complexity index is 887. The van der Waals surface area contributed by atoms with Crippen LogP contribution in [0, 0.1) is 0 Å². The van der Waals surface area contributed by atoms with Gasteiger partial charge in [0.25, 0.3) is 0 Å². The van der Waals surface area contributed by atoms with E-state index in [1.165, 1.54) is 44.9 Å². The van der Waals surface area contributed by atoms with Crippen LogP contribution in [0.25, 0.3) is 0 Å². The Labute approximate surface area is 273 Å². The summed E-state index contributed by atoms with van der Waals surface area (Å²) in [5.41, 5.74) is 5.30. The highest BCUT2D eigenvalue weighted by atomic mass is 31.2. The summed E-state index contributed by atoms with van der Waals surface area (Å²) in [6.45, 7) is 3.55. The molecular formula is C35H62NO8P. The molecule has 0 rings (SSSR count). The molecule has 0 amide bonds. The fraction of sp³-hybridized carbons (Fsp3) is 0.714. The Balaban J connectivity index is 4.37. The molecule has 0 aliphatic rings. The highest BCUT2D eigenvalue weighted by molar-refractivity contribution is 7.47. The van der Waals surface area contributed by atoms with E-state index in [4.69, 9.17) is 24.3 Å². The van der Waals surface area contributed by atoms with Gasteiger partial charge in [0.1, 0.15) is 6.61 Å². The van der Waals surface area contributed by atoms with Gasteiger partial charge in [0, 0.05) is 19.4 Å². The average molecular weight is 656 g/mol. The molecule has 10 heteroatoms. The molecular weight excluding hydrogens is 593 g/mol. The topological polar surface area (TPSA) is 134 Å². The van der Waals surface area contributed by atoms with E-state index in [1.54, 1.807) is 0 Å². The molecule has 0 heterocycles. The number of ether oxygens (including phenoxy) is 2. The van der Waals surface area contributed by atoms with Crippen molar-refractivity contribution in [2.75, 3.05) is 26.4 Å². The van der Waals surface area contributed by atoms with Crippen LogP contribution >= 0.6 is 7.82 Å². The summed E-state index contributed by atoms with van der Waals surface area (Å²) >= 11 is 0. The van der Waals surface area contributed by atoms with Gasteiger partial charge < -0.3 is 20.1 Å². The number of hydrogen-bond acceptors (Lipinski definition) is 8. The molecule has 0 aromatic heterocycles. The van der Waals surface area contributed by atoms with Crippen molar-refractivity contribution in [1.29, 1.82) is 0 Å². The number of phosphoric acid groups is 1. The van der Waals surface area contributed by atoms with Crippen molar-refractivity contribution in [2.45, 2.75) is 136 Å². The maximum Gasteiger partial charge on any atom is 0.472 e. The van der Waals surface area contributed by atoms with E-state index in [-0.39, 0.29) is 32.6 Å². The molecule has 0 aliphatic heterocycles. The minimum Gasteiger partial charge on any atom is -0.462 e. The van der Waals surface area contributed by atoms with E-state index in [2.05, 4.69) is 56.4 Å². The van der Waals surface area contributed by atoms with Crippen LogP contribution in [0.15, 0.2) is 48.6 Å². The predicted octanol–water partition coefficient (Wildman–Crippen LogP) is 8.82. The molecule has 260 valence electrons. The summed E-state index contributed by atoms with van der Waals surface area (Å²) in [5.74, 6) is -0.907. The quantitative estimate of drug-likeness (QED) is 0.0325. The van der Waals surface area contributed by atoms with Crippen molar-refractivity contribution in [1.82, 2.24) is 0 Å². The first-order chi connectivity index (χ1) is 21.8. The largest absolute Gasteiger partial charge is 0.472 e. The van der Waals surface area contributed by atoms with Gasteiger partial charge in [-0.15, -0.1) is 0 Å². The summed E-state index contributed by atoms with van der Waals surface area (Å²) in [6.07, 6.45) is 33.1. The highest BCUT2D eigenvalue weighted by Crippen LogP contribution is 2.43. The van der Waals surface area contributed by atoms with Crippen molar-refractivity contribution >= 4 is 19.8 Å². The second-order valence-electron chi connectivity index (χ2n) is 11.0. The SMILES string of the molecule is CCCCC/C=C/C/C=C/C/C=C/C/C=C/CCCC(=O)O[C@H](COC(=O)CCCCCCCCC)COP(=O)(O)OCCN. The number of nitrogens with two attached hydrogens (primary N) is 1. The molecule has 0 saturated heterocycles. The summed E-state index contributed by atoms with van der Waals surface area (Å²) in [5, 5.41) is 0. The zero-order valence-corrected chi connectivity index (χ0v) is 29.0. The number of hydrogen-bond donors (Lipinski definition) is 2. The van der Waals surface area contributed by atoms with E-state index in [0.717, 1.165) is 44.9 Å². The summed E-state index contributed by atoms with van der Waals surface area (Å²) in [4.78, 5) is 34.4. The molecule has 45 heavy (non-hydrogen) atoms. The van der Waals surface area contributed by atoms with Gasteiger partial charge in [-0.3, -0.25) is 18.6 Å². The molecule has 0 aromatic rings. The number of unbranched alkanes of at least 4 members (excludes halogenated alkanes) is 10. The summed E-state index contributed by atoms with van der Waals surface area (Å²) in [6, 6.07) is 0. The van der Waals surface area contributed by atoms with Crippen molar-refractivity contribution in [3.63, 3.8) is 0 Å². The molecule has 0 aromatic carbocycles. The van der Waals surface area contributed by atoms with Gasteiger partial charge in [0.2, 0.25) is 0 Å². The van der Waals surface area contributed by atoms with E-state index in [1.807, 2.05) is 6.08 Å². The van der Waals surface area contributed by atoms with Crippen LogP contribution in [-0.4, -0.2) is 49.3 Å². The molecule has 1 unspecified atom stereocenters.